The lowest BCUT2D eigenvalue weighted by Crippen LogP contribution is -2.26. The van der Waals surface area contributed by atoms with Gasteiger partial charge in [0.15, 0.2) is 11.5 Å². The number of ether oxygens (including phenoxy) is 3. The molecule has 0 atom stereocenters. The van der Waals surface area contributed by atoms with E-state index in [1.54, 1.807) is 36.2 Å². The third kappa shape index (κ3) is 5.20. The minimum atomic E-state index is -3.79. The molecule has 0 radical (unpaired) electrons. The van der Waals surface area contributed by atoms with Crippen molar-refractivity contribution in [2.75, 3.05) is 32.1 Å². The number of amides is 1. The van der Waals surface area contributed by atoms with Gasteiger partial charge in [-0.2, -0.15) is 0 Å². The monoisotopic (exact) mass is 468 g/mol. The summed E-state index contributed by atoms with van der Waals surface area (Å²) in [6.07, 6.45) is 0. The van der Waals surface area contributed by atoms with Crippen LogP contribution in [0.5, 0.6) is 17.2 Å². The molecule has 0 saturated heterocycles. The van der Waals surface area contributed by atoms with E-state index in [0.717, 1.165) is 5.56 Å². The number of hydrogen-bond donors (Lipinski definition) is 1. The van der Waals surface area contributed by atoms with Crippen LogP contribution >= 0.6 is 0 Å². The van der Waals surface area contributed by atoms with Gasteiger partial charge in [0.25, 0.3) is 15.9 Å². The molecule has 9 heteroatoms. The van der Waals surface area contributed by atoms with Crippen molar-refractivity contribution in [2.45, 2.75) is 11.4 Å². The molecule has 1 aliphatic rings. The number of nitrogens with zero attached hydrogens (tertiary/aromatic N) is 1. The van der Waals surface area contributed by atoms with Crippen LogP contribution < -0.4 is 18.9 Å². The molecule has 3 aromatic carbocycles. The topological polar surface area (TPSA) is 94.2 Å². The largest absolute Gasteiger partial charge is 0.497 e. The third-order valence-electron chi connectivity index (χ3n) is 5.13. The predicted molar refractivity (Wildman–Crippen MR) is 123 cm³/mol. The van der Waals surface area contributed by atoms with Crippen LogP contribution in [0.1, 0.15) is 15.9 Å². The minimum absolute atomic E-state index is 0.0596. The summed E-state index contributed by atoms with van der Waals surface area (Å²) in [5, 5.41) is 0. The number of carbonyl (C=O) groups is 1. The van der Waals surface area contributed by atoms with Gasteiger partial charge in [-0.1, -0.05) is 6.07 Å². The second kappa shape index (κ2) is 9.41. The molecule has 0 aromatic heterocycles. The fraction of sp³-hybridized carbons (Fsp3) is 0.208. The maximum Gasteiger partial charge on any atom is 0.261 e. The van der Waals surface area contributed by atoms with Crippen molar-refractivity contribution in [1.29, 1.82) is 0 Å². The Bertz CT molecular complexity index is 1240. The molecular formula is C24H24N2O6S. The highest BCUT2D eigenvalue weighted by Crippen LogP contribution is 2.31. The Kier molecular flexibility index (Phi) is 6.41. The van der Waals surface area contributed by atoms with Gasteiger partial charge in [0.1, 0.15) is 19.0 Å². The maximum absolute atomic E-state index is 12.8. The average molecular weight is 469 g/mol. The Morgan fingerprint density at radius 2 is 1.64 bits per heavy atom. The van der Waals surface area contributed by atoms with Gasteiger partial charge in [-0.15, -0.1) is 0 Å². The van der Waals surface area contributed by atoms with Crippen LogP contribution in [0.4, 0.5) is 5.69 Å². The number of rotatable bonds is 7. The number of benzene rings is 3. The molecule has 4 rings (SSSR count). The fourth-order valence-corrected chi connectivity index (χ4v) is 4.46. The van der Waals surface area contributed by atoms with Crippen LogP contribution in [0.2, 0.25) is 0 Å². The number of methoxy groups -OCH3 is 1. The standard InChI is InChI=1S/C24H24N2O6S/c1-26(16-17-3-12-22-23(15-17)32-14-13-31-22)24(27)18-4-10-21(11-5-18)33(28,29)25-19-6-8-20(30-2)9-7-19/h3-12,15,25H,13-14,16H2,1-2H3. The van der Waals surface area contributed by atoms with E-state index in [1.165, 1.54) is 31.4 Å². The lowest BCUT2D eigenvalue weighted by molar-refractivity contribution is 0.0784. The number of carbonyl (C=O) groups excluding carboxylic acids is 1. The summed E-state index contributed by atoms with van der Waals surface area (Å²) in [7, 11) is -0.568. The molecule has 0 spiro atoms. The molecule has 0 aliphatic carbocycles. The highest BCUT2D eigenvalue weighted by Gasteiger charge is 2.18. The van der Waals surface area contributed by atoms with Crippen LogP contribution in [-0.2, 0) is 16.6 Å². The first-order valence-electron chi connectivity index (χ1n) is 10.3. The van der Waals surface area contributed by atoms with E-state index < -0.39 is 10.0 Å². The second-order valence-corrected chi connectivity index (χ2v) is 9.18. The van der Waals surface area contributed by atoms with Gasteiger partial charge >= 0.3 is 0 Å². The molecule has 172 valence electrons. The van der Waals surface area contributed by atoms with Crippen molar-refractivity contribution in [3.63, 3.8) is 0 Å². The van der Waals surface area contributed by atoms with E-state index in [0.29, 0.717) is 48.3 Å². The molecule has 8 nitrogen and oxygen atoms in total. The number of fused-ring (bicyclic) bond motifs is 1. The molecule has 33 heavy (non-hydrogen) atoms. The molecule has 1 amide bonds. The van der Waals surface area contributed by atoms with Gasteiger partial charge in [0, 0.05) is 24.8 Å². The van der Waals surface area contributed by atoms with Gasteiger partial charge in [0.05, 0.1) is 12.0 Å². The van der Waals surface area contributed by atoms with Gasteiger partial charge in [-0.3, -0.25) is 9.52 Å². The Hall–Kier alpha value is -3.72. The first-order valence-corrected chi connectivity index (χ1v) is 11.7. The van der Waals surface area contributed by atoms with Crippen molar-refractivity contribution in [3.05, 3.63) is 77.9 Å². The summed E-state index contributed by atoms with van der Waals surface area (Å²) in [5.74, 6) is 1.76. The molecular weight excluding hydrogens is 444 g/mol. The van der Waals surface area contributed by atoms with Crippen molar-refractivity contribution in [2.24, 2.45) is 0 Å². The molecule has 1 aliphatic heterocycles. The summed E-state index contributed by atoms with van der Waals surface area (Å²) < 4.78 is 44.0. The van der Waals surface area contributed by atoms with Crippen LogP contribution in [0, 0.1) is 0 Å². The molecule has 0 unspecified atom stereocenters. The fourth-order valence-electron chi connectivity index (χ4n) is 3.40. The molecule has 0 saturated carbocycles. The van der Waals surface area contributed by atoms with Crippen LogP contribution in [0.3, 0.4) is 0 Å². The summed E-state index contributed by atoms with van der Waals surface area (Å²) in [5.41, 5.74) is 1.70. The molecule has 1 heterocycles. The van der Waals surface area contributed by atoms with Gasteiger partial charge in [-0.05, 0) is 66.2 Å². The van der Waals surface area contributed by atoms with Crippen LogP contribution in [0.25, 0.3) is 0 Å². The van der Waals surface area contributed by atoms with E-state index in [-0.39, 0.29) is 10.8 Å². The number of anilines is 1. The van der Waals surface area contributed by atoms with Gasteiger partial charge in [-0.25, -0.2) is 8.42 Å². The number of sulfonamides is 1. The van der Waals surface area contributed by atoms with Crippen molar-refractivity contribution < 1.29 is 27.4 Å². The minimum Gasteiger partial charge on any atom is -0.497 e. The normalized spacial score (nSPS) is 12.7. The lowest BCUT2D eigenvalue weighted by atomic mass is 10.1. The summed E-state index contributed by atoms with van der Waals surface area (Å²) in [4.78, 5) is 14.5. The molecule has 1 N–H and O–H groups in total. The molecule has 3 aromatic rings. The zero-order valence-corrected chi connectivity index (χ0v) is 19.1. The predicted octanol–water partition coefficient (Wildman–Crippen LogP) is 3.54. The number of hydrogen-bond acceptors (Lipinski definition) is 6. The van der Waals surface area contributed by atoms with Gasteiger partial charge < -0.3 is 19.1 Å². The SMILES string of the molecule is COc1ccc(NS(=O)(=O)c2ccc(C(=O)N(C)Cc3ccc4c(c3)OCCO4)cc2)cc1. The lowest BCUT2D eigenvalue weighted by Gasteiger charge is -2.21. The smallest absolute Gasteiger partial charge is 0.261 e. The van der Waals surface area contributed by atoms with Crippen molar-refractivity contribution in [3.8, 4) is 17.2 Å². The quantitative estimate of drug-likeness (QED) is 0.570. The van der Waals surface area contributed by atoms with E-state index >= 15 is 0 Å². The Morgan fingerprint density at radius 1 is 0.970 bits per heavy atom. The summed E-state index contributed by atoms with van der Waals surface area (Å²) in [6, 6.07) is 18.0. The molecule has 0 fully saturated rings. The van der Waals surface area contributed by atoms with Crippen molar-refractivity contribution >= 4 is 21.6 Å². The Morgan fingerprint density at radius 3 is 2.30 bits per heavy atom. The Balaban J connectivity index is 1.42. The maximum atomic E-state index is 12.8. The van der Waals surface area contributed by atoms with E-state index in [9.17, 15) is 13.2 Å². The first-order chi connectivity index (χ1) is 15.9. The van der Waals surface area contributed by atoms with Crippen molar-refractivity contribution in [1.82, 2.24) is 4.90 Å². The van der Waals surface area contributed by atoms with E-state index in [4.69, 9.17) is 14.2 Å². The van der Waals surface area contributed by atoms with E-state index in [1.807, 2.05) is 18.2 Å². The Labute approximate surface area is 192 Å². The van der Waals surface area contributed by atoms with E-state index in [2.05, 4.69) is 4.72 Å². The van der Waals surface area contributed by atoms with Crippen LogP contribution in [0.15, 0.2) is 71.6 Å². The van der Waals surface area contributed by atoms with Gasteiger partial charge in [0.2, 0.25) is 0 Å². The average Bonchev–Trinajstić information content (AvgIpc) is 2.84. The van der Waals surface area contributed by atoms with Crippen LogP contribution in [-0.4, -0.2) is 46.6 Å². The highest BCUT2D eigenvalue weighted by atomic mass is 32.2. The summed E-state index contributed by atoms with van der Waals surface area (Å²) in [6.45, 7) is 1.38. The zero-order chi connectivity index (χ0) is 23.4. The summed E-state index contributed by atoms with van der Waals surface area (Å²) >= 11 is 0. The number of nitrogens with one attached hydrogen (secondary N) is 1. The first kappa shape index (κ1) is 22.5. The highest BCUT2D eigenvalue weighted by molar-refractivity contribution is 7.92. The molecule has 0 bridgehead atoms. The second-order valence-electron chi connectivity index (χ2n) is 7.50. The zero-order valence-electron chi connectivity index (χ0n) is 18.3. The third-order valence-corrected chi connectivity index (χ3v) is 6.52.